The zero-order valence-electron chi connectivity index (χ0n) is 14.3. The highest BCUT2D eigenvalue weighted by Crippen LogP contribution is 2.30. The molecule has 5 nitrogen and oxygen atoms in total. The van der Waals surface area contributed by atoms with Crippen molar-refractivity contribution < 1.29 is 4.74 Å². The Morgan fingerprint density at radius 2 is 1.93 bits per heavy atom. The van der Waals surface area contributed by atoms with Crippen LogP contribution in [0.1, 0.15) is 22.5 Å². The quantitative estimate of drug-likeness (QED) is 0.541. The summed E-state index contributed by atoms with van der Waals surface area (Å²) in [5.41, 5.74) is 2.93. The summed E-state index contributed by atoms with van der Waals surface area (Å²) < 4.78 is 5.93. The SMILES string of the molecule is Cc1n[nH]c(CNCc2ccc(Cl)c(Cl)c2)c1Oc1cc(Cl)cc(C#N)c1. The van der Waals surface area contributed by atoms with Gasteiger partial charge in [-0.2, -0.15) is 10.4 Å². The molecule has 0 saturated carbocycles. The first-order valence-corrected chi connectivity index (χ1v) is 9.16. The average Bonchev–Trinajstić information content (AvgIpc) is 2.97. The fraction of sp³-hybridized carbons (Fsp3) is 0.158. The van der Waals surface area contributed by atoms with Gasteiger partial charge in [0, 0.05) is 18.1 Å². The lowest BCUT2D eigenvalue weighted by Crippen LogP contribution is -2.13. The number of nitrogens with one attached hydrogen (secondary N) is 2. The number of benzene rings is 2. The Labute approximate surface area is 171 Å². The number of halogens is 3. The van der Waals surface area contributed by atoms with Crippen LogP contribution in [0.2, 0.25) is 15.1 Å². The van der Waals surface area contributed by atoms with Gasteiger partial charge in [-0.15, -0.1) is 0 Å². The van der Waals surface area contributed by atoms with Crippen molar-refractivity contribution in [1.29, 1.82) is 5.26 Å². The van der Waals surface area contributed by atoms with Gasteiger partial charge in [-0.1, -0.05) is 40.9 Å². The summed E-state index contributed by atoms with van der Waals surface area (Å²) in [6.45, 7) is 2.94. The van der Waals surface area contributed by atoms with Crippen molar-refractivity contribution in [3.05, 3.63) is 74.0 Å². The predicted molar refractivity (Wildman–Crippen MR) is 107 cm³/mol. The predicted octanol–water partition coefficient (Wildman–Crippen LogP) is 5.63. The lowest BCUT2D eigenvalue weighted by Gasteiger charge is -2.09. The Hall–Kier alpha value is -2.23. The molecule has 0 atom stereocenters. The van der Waals surface area contributed by atoms with Crippen LogP contribution in [0.5, 0.6) is 11.5 Å². The van der Waals surface area contributed by atoms with Crippen LogP contribution in [0, 0.1) is 18.3 Å². The molecule has 2 N–H and O–H groups in total. The minimum absolute atomic E-state index is 0.429. The van der Waals surface area contributed by atoms with Crippen LogP contribution in [-0.2, 0) is 13.1 Å². The van der Waals surface area contributed by atoms with E-state index >= 15 is 0 Å². The normalized spacial score (nSPS) is 10.6. The maximum atomic E-state index is 9.07. The van der Waals surface area contributed by atoms with Crippen LogP contribution in [0.25, 0.3) is 0 Å². The van der Waals surface area contributed by atoms with Crippen molar-refractivity contribution >= 4 is 34.8 Å². The second-order valence-electron chi connectivity index (χ2n) is 5.86. The smallest absolute Gasteiger partial charge is 0.172 e. The van der Waals surface area contributed by atoms with E-state index in [0.29, 0.717) is 50.9 Å². The molecule has 138 valence electrons. The first-order valence-electron chi connectivity index (χ1n) is 8.03. The number of nitriles is 1. The van der Waals surface area contributed by atoms with Gasteiger partial charge in [0.2, 0.25) is 0 Å². The Balaban J connectivity index is 1.70. The molecule has 0 saturated heterocycles. The first kappa shape index (κ1) is 19.5. The average molecular weight is 422 g/mol. The molecule has 1 heterocycles. The van der Waals surface area contributed by atoms with Gasteiger partial charge >= 0.3 is 0 Å². The van der Waals surface area contributed by atoms with E-state index in [2.05, 4.69) is 21.6 Å². The standard InChI is InChI=1S/C19H15Cl3N4O/c1-11-19(27-15-5-13(8-23)4-14(20)7-15)18(26-25-11)10-24-9-12-2-3-16(21)17(22)6-12/h2-7,24H,9-10H2,1H3,(H,25,26). The van der Waals surface area contributed by atoms with Crippen LogP contribution in [0.3, 0.4) is 0 Å². The zero-order chi connectivity index (χ0) is 19.4. The summed E-state index contributed by atoms with van der Waals surface area (Å²) in [6.07, 6.45) is 0. The molecule has 0 unspecified atom stereocenters. The van der Waals surface area contributed by atoms with E-state index in [-0.39, 0.29) is 0 Å². The van der Waals surface area contributed by atoms with Crippen LogP contribution in [-0.4, -0.2) is 10.2 Å². The van der Waals surface area contributed by atoms with Crippen molar-refractivity contribution in [2.45, 2.75) is 20.0 Å². The van der Waals surface area contributed by atoms with Crippen LogP contribution < -0.4 is 10.1 Å². The third-order valence-corrected chi connectivity index (χ3v) is 4.75. The van der Waals surface area contributed by atoms with E-state index in [1.165, 1.54) is 0 Å². The van der Waals surface area contributed by atoms with E-state index in [1.54, 1.807) is 24.3 Å². The Bertz CT molecular complexity index is 1010. The number of aryl methyl sites for hydroxylation is 1. The highest BCUT2D eigenvalue weighted by molar-refractivity contribution is 6.42. The Morgan fingerprint density at radius 1 is 1.11 bits per heavy atom. The van der Waals surface area contributed by atoms with E-state index in [1.807, 2.05) is 19.1 Å². The molecular weight excluding hydrogens is 407 g/mol. The molecule has 3 rings (SSSR count). The van der Waals surface area contributed by atoms with E-state index in [9.17, 15) is 0 Å². The molecule has 2 aromatic carbocycles. The fourth-order valence-corrected chi connectivity index (χ4v) is 3.06. The van der Waals surface area contributed by atoms with Gasteiger partial charge in [0.15, 0.2) is 5.75 Å². The highest BCUT2D eigenvalue weighted by atomic mass is 35.5. The summed E-state index contributed by atoms with van der Waals surface area (Å²) >= 11 is 18.0. The van der Waals surface area contributed by atoms with Gasteiger partial charge in [-0.05, 0) is 42.8 Å². The summed E-state index contributed by atoms with van der Waals surface area (Å²) in [4.78, 5) is 0. The number of rotatable bonds is 6. The van der Waals surface area contributed by atoms with Crippen LogP contribution >= 0.6 is 34.8 Å². The lowest BCUT2D eigenvalue weighted by atomic mass is 10.2. The van der Waals surface area contributed by atoms with Crippen LogP contribution in [0.15, 0.2) is 36.4 Å². The summed E-state index contributed by atoms with van der Waals surface area (Å²) in [5.74, 6) is 1.08. The highest BCUT2D eigenvalue weighted by Gasteiger charge is 2.13. The number of hydrogen-bond acceptors (Lipinski definition) is 4. The van der Waals surface area contributed by atoms with E-state index in [0.717, 1.165) is 11.3 Å². The summed E-state index contributed by atoms with van der Waals surface area (Å²) in [7, 11) is 0. The number of hydrogen-bond donors (Lipinski definition) is 2. The molecule has 0 aliphatic carbocycles. The first-order chi connectivity index (χ1) is 13.0. The van der Waals surface area contributed by atoms with Gasteiger partial charge in [-0.25, -0.2) is 0 Å². The van der Waals surface area contributed by atoms with Gasteiger partial charge in [0.25, 0.3) is 0 Å². The monoisotopic (exact) mass is 420 g/mol. The zero-order valence-corrected chi connectivity index (χ0v) is 16.6. The number of aromatic nitrogens is 2. The third kappa shape index (κ3) is 4.94. The maximum absolute atomic E-state index is 9.07. The van der Waals surface area contributed by atoms with Gasteiger partial charge < -0.3 is 10.1 Å². The summed E-state index contributed by atoms with van der Waals surface area (Å²) in [6, 6.07) is 12.4. The van der Waals surface area contributed by atoms with Crippen molar-refractivity contribution in [2.75, 3.05) is 0 Å². The molecule has 0 aliphatic rings. The minimum atomic E-state index is 0.429. The van der Waals surface area contributed by atoms with Gasteiger partial charge in [0.1, 0.15) is 11.4 Å². The molecule has 8 heteroatoms. The molecule has 3 aromatic rings. The van der Waals surface area contributed by atoms with Crippen LogP contribution in [0.4, 0.5) is 0 Å². The number of nitrogens with zero attached hydrogens (tertiary/aromatic N) is 2. The lowest BCUT2D eigenvalue weighted by molar-refractivity contribution is 0.469. The molecule has 0 aliphatic heterocycles. The van der Waals surface area contributed by atoms with Crippen molar-refractivity contribution in [3.8, 4) is 17.6 Å². The molecule has 27 heavy (non-hydrogen) atoms. The molecule has 1 aromatic heterocycles. The molecular formula is C19H15Cl3N4O. The molecule has 0 radical (unpaired) electrons. The number of H-pyrrole nitrogens is 1. The molecule has 0 spiro atoms. The molecule has 0 fully saturated rings. The third-order valence-electron chi connectivity index (χ3n) is 3.80. The van der Waals surface area contributed by atoms with E-state index in [4.69, 9.17) is 44.8 Å². The topological polar surface area (TPSA) is 73.7 Å². The second kappa shape index (κ2) is 8.64. The summed E-state index contributed by atoms with van der Waals surface area (Å²) in [5, 5.41) is 21.0. The minimum Gasteiger partial charge on any atom is -0.453 e. The molecule has 0 bridgehead atoms. The Morgan fingerprint density at radius 3 is 2.67 bits per heavy atom. The van der Waals surface area contributed by atoms with Crippen molar-refractivity contribution in [3.63, 3.8) is 0 Å². The number of ether oxygens (including phenoxy) is 1. The Kier molecular flexibility index (Phi) is 6.25. The largest absolute Gasteiger partial charge is 0.453 e. The van der Waals surface area contributed by atoms with Crippen molar-refractivity contribution in [2.24, 2.45) is 0 Å². The van der Waals surface area contributed by atoms with Crippen molar-refractivity contribution in [1.82, 2.24) is 15.5 Å². The van der Waals surface area contributed by atoms with Gasteiger partial charge in [0.05, 0.1) is 27.4 Å². The molecule has 0 amide bonds. The fourth-order valence-electron chi connectivity index (χ4n) is 2.51. The second-order valence-corrected chi connectivity index (χ2v) is 7.11. The van der Waals surface area contributed by atoms with Gasteiger partial charge in [-0.3, -0.25) is 5.10 Å². The number of aromatic amines is 1. The maximum Gasteiger partial charge on any atom is 0.172 e. The van der Waals surface area contributed by atoms with E-state index < -0.39 is 0 Å².